The topological polar surface area (TPSA) is 49.7 Å². The van der Waals surface area contributed by atoms with Gasteiger partial charge in [-0.2, -0.15) is 0 Å². The average molecular weight is 156 g/mol. The molecule has 2 N–H and O–H groups in total. The molecule has 0 fully saturated rings. The van der Waals surface area contributed by atoms with Crippen LogP contribution in [0.15, 0.2) is 12.7 Å². The molecule has 0 aliphatic heterocycles. The zero-order chi connectivity index (χ0) is 7.11. The third-order valence-electron chi connectivity index (χ3n) is 0.757. The number of aliphatic hydroxyl groups is 2. The van der Waals surface area contributed by atoms with E-state index in [4.69, 9.17) is 14.9 Å². The monoisotopic (exact) mass is 156 g/mol. The second-order valence-electron chi connectivity index (χ2n) is 1.66. The summed E-state index contributed by atoms with van der Waals surface area (Å²) in [5, 5.41) is 17.0. The zero-order valence-electron chi connectivity index (χ0n) is 5.29. The molecule has 0 bridgehead atoms. The van der Waals surface area contributed by atoms with Gasteiger partial charge >= 0.3 is 29.6 Å². The molecule has 56 valence electrons. The van der Waals surface area contributed by atoms with Crippen molar-refractivity contribution in [1.82, 2.24) is 0 Å². The van der Waals surface area contributed by atoms with Crippen molar-refractivity contribution in [2.45, 2.75) is 6.10 Å². The van der Waals surface area contributed by atoms with Crippen molar-refractivity contribution < 1.29 is 14.9 Å². The predicted octanol–water partition coefficient (Wildman–Crippen LogP) is -1.11. The van der Waals surface area contributed by atoms with E-state index >= 15 is 0 Å². The molecule has 0 aromatic heterocycles. The molecule has 0 saturated heterocycles. The normalized spacial score (nSPS) is 11.8. The van der Waals surface area contributed by atoms with Crippen molar-refractivity contribution >= 4 is 29.6 Å². The molecule has 4 heteroatoms. The Balaban J connectivity index is 0. The van der Waals surface area contributed by atoms with E-state index in [1.54, 1.807) is 6.08 Å². The zero-order valence-corrected chi connectivity index (χ0v) is 5.29. The van der Waals surface area contributed by atoms with E-state index in [0.717, 1.165) is 0 Å². The third-order valence-corrected chi connectivity index (χ3v) is 0.757. The van der Waals surface area contributed by atoms with Crippen LogP contribution in [0.25, 0.3) is 0 Å². The molecule has 0 aromatic rings. The van der Waals surface area contributed by atoms with Crippen molar-refractivity contribution in [2.24, 2.45) is 0 Å². The van der Waals surface area contributed by atoms with E-state index in [1.165, 1.54) is 0 Å². The Morgan fingerprint density at radius 2 is 2.20 bits per heavy atom. The Morgan fingerprint density at radius 1 is 1.60 bits per heavy atom. The third kappa shape index (κ3) is 8.62. The molecule has 0 aliphatic carbocycles. The van der Waals surface area contributed by atoms with Gasteiger partial charge in [0.2, 0.25) is 0 Å². The standard InChI is InChI=1S/C6H12O3.Na.H/c1-2-3-9-5-6(8)4-7;;/h2,6-8H,1,3-5H2;;. The number of hydrogen-bond donors (Lipinski definition) is 2. The second kappa shape index (κ2) is 9.62. The summed E-state index contributed by atoms with van der Waals surface area (Å²) in [5.74, 6) is 0. The quantitative estimate of drug-likeness (QED) is 0.301. The Bertz CT molecular complexity index is 77.4. The summed E-state index contributed by atoms with van der Waals surface area (Å²) in [6, 6.07) is 0. The van der Waals surface area contributed by atoms with Crippen LogP contribution in [-0.4, -0.2) is 65.7 Å². The number of rotatable bonds is 5. The van der Waals surface area contributed by atoms with Gasteiger partial charge in [0, 0.05) is 0 Å². The van der Waals surface area contributed by atoms with Crippen molar-refractivity contribution in [2.75, 3.05) is 19.8 Å². The van der Waals surface area contributed by atoms with Gasteiger partial charge in [0.05, 0.1) is 19.8 Å². The van der Waals surface area contributed by atoms with Crippen LogP contribution in [-0.2, 0) is 4.74 Å². The predicted molar refractivity (Wildman–Crippen MR) is 41.3 cm³/mol. The van der Waals surface area contributed by atoms with Gasteiger partial charge in [0.25, 0.3) is 0 Å². The van der Waals surface area contributed by atoms with Crippen molar-refractivity contribution in [3.8, 4) is 0 Å². The molecule has 1 atom stereocenters. The van der Waals surface area contributed by atoms with E-state index in [-0.39, 0.29) is 42.8 Å². The van der Waals surface area contributed by atoms with Crippen LogP contribution in [0.3, 0.4) is 0 Å². The molecule has 1 unspecified atom stereocenters. The van der Waals surface area contributed by atoms with Crippen molar-refractivity contribution in [3.63, 3.8) is 0 Å². The van der Waals surface area contributed by atoms with Crippen molar-refractivity contribution in [3.05, 3.63) is 12.7 Å². The summed E-state index contributed by atoms with van der Waals surface area (Å²) in [4.78, 5) is 0. The molecular formula is C6H13NaO3. The first-order valence-corrected chi connectivity index (χ1v) is 2.78. The molecule has 0 aromatic carbocycles. The van der Waals surface area contributed by atoms with Gasteiger partial charge in [-0.15, -0.1) is 6.58 Å². The number of aliphatic hydroxyl groups excluding tert-OH is 2. The summed E-state index contributed by atoms with van der Waals surface area (Å²) in [6.45, 7) is 3.74. The maximum absolute atomic E-state index is 8.68. The molecule has 0 saturated carbocycles. The minimum atomic E-state index is -0.759. The Hall–Kier alpha value is 0.620. The Labute approximate surface area is 83.0 Å². The first-order valence-electron chi connectivity index (χ1n) is 2.78. The summed E-state index contributed by atoms with van der Waals surface area (Å²) < 4.78 is 4.81. The molecule has 3 nitrogen and oxygen atoms in total. The van der Waals surface area contributed by atoms with Gasteiger partial charge in [-0.05, 0) is 0 Å². The Morgan fingerprint density at radius 3 is 2.60 bits per heavy atom. The molecule has 0 radical (unpaired) electrons. The molecule has 10 heavy (non-hydrogen) atoms. The van der Waals surface area contributed by atoms with Gasteiger partial charge < -0.3 is 14.9 Å². The van der Waals surface area contributed by atoms with E-state index in [1.807, 2.05) is 0 Å². The van der Waals surface area contributed by atoms with Crippen LogP contribution >= 0.6 is 0 Å². The van der Waals surface area contributed by atoms with Crippen LogP contribution in [0.2, 0.25) is 0 Å². The second-order valence-corrected chi connectivity index (χ2v) is 1.66. The molecule has 0 spiro atoms. The van der Waals surface area contributed by atoms with Crippen LogP contribution in [0.1, 0.15) is 0 Å². The van der Waals surface area contributed by atoms with Gasteiger partial charge in [0.1, 0.15) is 6.10 Å². The first-order chi connectivity index (χ1) is 4.31. The molecular weight excluding hydrogens is 143 g/mol. The van der Waals surface area contributed by atoms with Crippen molar-refractivity contribution in [1.29, 1.82) is 0 Å². The van der Waals surface area contributed by atoms with E-state index in [9.17, 15) is 0 Å². The van der Waals surface area contributed by atoms with Gasteiger partial charge in [-0.3, -0.25) is 0 Å². The summed E-state index contributed by atoms with van der Waals surface area (Å²) >= 11 is 0. The minimum absolute atomic E-state index is 0. The van der Waals surface area contributed by atoms with E-state index in [2.05, 4.69) is 6.58 Å². The van der Waals surface area contributed by atoms with Crippen LogP contribution < -0.4 is 0 Å². The molecule has 0 amide bonds. The van der Waals surface area contributed by atoms with Crippen LogP contribution in [0.5, 0.6) is 0 Å². The van der Waals surface area contributed by atoms with Gasteiger partial charge in [-0.25, -0.2) is 0 Å². The van der Waals surface area contributed by atoms with E-state index in [0.29, 0.717) is 6.61 Å². The van der Waals surface area contributed by atoms with Crippen LogP contribution in [0, 0.1) is 0 Å². The van der Waals surface area contributed by atoms with Gasteiger partial charge in [-0.1, -0.05) is 6.08 Å². The fraction of sp³-hybridized carbons (Fsp3) is 0.667. The molecule has 0 aliphatic rings. The van der Waals surface area contributed by atoms with Gasteiger partial charge in [0.15, 0.2) is 0 Å². The summed E-state index contributed by atoms with van der Waals surface area (Å²) in [5.41, 5.74) is 0. The van der Waals surface area contributed by atoms with Crippen LogP contribution in [0.4, 0.5) is 0 Å². The fourth-order valence-corrected chi connectivity index (χ4v) is 0.340. The molecule has 0 rings (SSSR count). The van der Waals surface area contributed by atoms with E-state index < -0.39 is 6.10 Å². The average Bonchev–Trinajstić information content (AvgIpc) is 1.89. The fourth-order valence-electron chi connectivity index (χ4n) is 0.340. The SMILES string of the molecule is C=CCOCC(O)CO.[NaH]. The summed E-state index contributed by atoms with van der Waals surface area (Å²) in [6.07, 6.45) is 0.828. The maximum atomic E-state index is 8.68. The molecule has 0 heterocycles. The number of hydrogen-bond acceptors (Lipinski definition) is 3. The Kier molecular flexibility index (Phi) is 12.7. The summed E-state index contributed by atoms with van der Waals surface area (Å²) in [7, 11) is 0. The number of ether oxygens (including phenoxy) is 1. The first kappa shape index (κ1) is 13.2.